The highest BCUT2D eigenvalue weighted by Crippen LogP contribution is 2.30. The van der Waals surface area contributed by atoms with Crippen LogP contribution in [0.2, 0.25) is 0 Å². The Hall–Kier alpha value is -1.03. The van der Waals surface area contributed by atoms with Gasteiger partial charge in [-0.05, 0) is 38.3 Å². The van der Waals surface area contributed by atoms with Gasteiger partial charge in [0.2, 0.25) is 0 Å². The standard InChI is InChI=1S/C14H21NO2S/c1-10-4-5-13(11(2)14(10)17-3)15-12-6-8-18(16)9-7-12/h4-5,12,15H,6-9H2,1-3H3. The molecule has 1 aliphatic rings. The molecule has 0 saturated carbocycles. The molecule has 1 saturated heterocycles. The van der Waals surface area contributed by atoms with Crippen LogP contribution in [0.4, 0.5) is 5.69 Å². The molecular weight excluding hydrogens is 246 g/mol. The van der Waals surface area contributed by atoms with E-state index < -0.39 is 10.8 Å². The van der Waals surface area contributed by atoms with Crippen molar-refractivity contribution in [3.05, 3.63) is 23.3 Å². The summed E-state index contributed by atoms with van der Waals surface area (Å²) in [4.78, 5) is 0. The Balaban J connectivity index is 2.12. The SMILES string of the molecule is COc1c(C)ccc(NC2CCS(=O)CC2)c1C. The van der Waals surface area contributed by atoms with Crippen LogP contribution in [0.15, 0.2) is 12.1 Å². The number of benzene rings is 1. The van der Waals surface area contributed by atoms with E-state index in [2.05, 4.69) is 31.3 Å². The summed E-state index contributed by atoms with van der Waals surface area (Å²) in [6.45, 7) is 4.13. The lowest BCUT2D eigenvalue weighted by molar-refractivity contribution is 0.408. The fourth-order valence-electron chi connectivity index (χ4n) is 2.46. The normalized spacial score (nSPS) is 23.7. The maximum absolute atomic E-state index is 11.3. The van der Waals surface area contributed by atoms with Gasteiger partial charge in [-0.25, -0.2) is 0 Å². The average Bonchev–Trinajstić information content (AvgIpc) is 2.36. The number of methoxy groups -OCH3 is 1. The Kier molecular flexibility index (Phi) is 4.27. The molecule has 0 unspecified atom stereocenters. The van der Waals surface area contributed by atoms with Crippen molar-refractivity contribution >= 4 is 16.5 Å². The van der Waals surface area contributed by atoms with Crippen molar-refractivity contribution in [2.45, 2.75) is 32.7 Å². The molecule has 0 amide bonds. The van der Waals surface area contributed by atoms with E-state index in [9.17, 15) is 4.21 Å². The molecular formula is C14H21NO2S. The first-order chi connectivity index (χ1) is 8.61. The highest BCUT2D eigenvalue weighted by atomic mass is 32.2. The van der Waals surface area contributed by atoms with Crippen LogP contribution in [-0.2, 0) is 10.8 Å². The number of rotatable bonds is 3. The molecule has 1 aromatic rings. The van der Waals surface area contributed by atoms with Gasteiger partial charge in [-0.1, -0.05) is 6.07 Å². The molecule has 0 radical (unpaired) electrons. The minimum atomic E-state index is -0.599. The molecule has 3 nitrogen and oxygen atoms in total. The van der Waals surface area contributed by atoms with E-state index in [-0.39, 0.29) is 0 Å². The molecule has 1 heterocycles. The third-order valence-electron chi connectivity index (χ3n) is 3.55. The zero-order chi connectivity index (χ0) is 13.1. The van der Waals surface area contributed by atoms with Gasteiger partial charge < -0.3 is 10.1 Å². The van der Waals surface area contributed by atoms with Crippen LogP contribution >= 0.6 is 0 Å². The van der Waals surface area contributed by atoms with E-state index in [0.717, 1.165) is 46.9 Å². The van der Waals surface area contributed by atoms with Crippen LogP contribution in [0, 0.1) is 13.8 Å². The van der Waals surface area contributed by atoms with Crippen LogP contribution in [0.25, 0.3) is 0 Å². The van der Waals surface area contributed by atoms with Crippen LogP contribution in [0.5, 0.6) is 5.75 Å². The van der Waals surface area contributed by atoms with Crippen molar-refractivity contribution in [3.8, 4) is 5.75 Å². The van der Waals surface area contributed by atoms with Crippen molar-refractivity contribution in [3.63, 3.8) is 0 Å². The second-order valence-electron chi connectivity index (χ2n) is 4.85. The number of aryl methyl sites for hydroxylation is 1. The Bertz CT molecular complexity index is 449. The van der Waals surface area contributed by atoms with E-state index in [0.29, 0.717) is 6.04 Å². The summed E-state index contributed by atoms with van der Waals surface area (Å²) >= 11 is 0. The molecule has 0 aromatic heterocycles. The number of ether oxygens (including phenoxy) is 1. The fraction of sp³-hybridized carbons (Fsp3) is 0.571. The molecule has 1 N–H and O–H groups in total. The number of nitrogens with one attached hydrogen (secondary N) is 1. The minimum absolute atomic E-state index is 0.439. The molecule has 1 aliphatic heterocycles. The lowest BCUT2D eigenvalue weighted by Gasteiger charge is -2.25. The summed E-state index contributed by atoms with van der Waals surface area (Å²) in [7, 11) is 1.11. The Morgan fingerprint density at radius 2 is 1.94 bits per heavy atom. The highest BCUT2D eigenvalue weighted by molar-refractivity contribution is 7.85. The highest BCUT2D eigenvalue weighted by Gasteiger charge is 2.18. The number of hydrogen-bond donors (Lipinski definition) is 1. The molecule has 1 aromatic carbocycles. The fourth-order valence-corrected chi connectivity index (χ4v) is 3.75. The van der Waals surface area contributed by atoms with Crippen molar-refractivity contribution in [1.82, 2.24) is 0 Å². The van der Waals surface area contributed by atoms with Gasteiger partial charge in [0.25, 0.3) is 0 Å². The van der Waals surface area contributed by atoms with Crippen LogP contribution in [-0.4, -0.2) is 28.9 Å². The molecule has 0 bridgehead atoms. The van der Waals surface area contributed by atoms with Gasteiger partial charge in [0.1, 0.15) is 5.75 Å². The van der Waals surface area contributed by atoms with E-state index in [1.165, 1.54) is 0 Å². The zero-order valence-corrected chi connectivity index (χ0v) is 12.1. The molecule has 18 heavy (non-hydrogen) atoms. The second kappa shape index (κ2) is 5.74. The maximum atomic E-state index is 11.3. The first-order valence-electron chi connectivity index (χ1n) is 6.37. The van der Waals surface area contributed by atoms with Gasteiger partial charge in [0, 0.05) is 39.6 Å². The van der Waals surface area contributed by atoms with E-state index in [4.69, 9.17) is 4.74 Å². The summed E-state index contributed by atoms with van der Waals surface area (Å²) in [6, 6.07) is 4.63. The average molecular weight is 267 g/mol. The molecule has 4 heteroatoms. The maximum Gasteiger partial charge on any atom is 0.126 e. The zero-order valence-electron chi connectivity index (χ0n) is 11.3. The van der Waals surface area contributed by atoms with Crippen molar-refractivity contribution in [2.75, 3.05) is 23.9 Å². The molecule has 0 atom stereocenters. The molecule has 0 aliphatic carbocycles. The second-order valence-corrected chi connectivity index (χ2v) is 6.55. The van der Waals surface area contributed by atoms with E-state index in [1.807, 2.05) is 0 Å². The van der Waals surface area contributed by atoms with Gasteiger partial charge in [0.05, 0.1) is 7.11 Å². The van der Waals surface area contributed by atoms with Gasteiger partial charge in [-0.2, -0.15) is 0 Å². The molecule has 2 rings (SSSR count). The lowest BCUT2D eigenvalue weighted by atomic mass is 10.1. The summed E-state index contributed by atoms with van der Waals surface area (Å²) in [6.07, 6.45) is 1.98. The van der Waals surface area contributed by atoms with Crippen molar-refractivity contribution in [1.29, 1.82) is 0 Å². The van der Waals surface area contributed by atoms with Crippen LogP contribution in [0.3, 0.4) is 0 Å². The lowest BCUT2D eigenvalue weighted by Crippen LogP contribution is -2.29. The summed E-state index contributed by atoms with van der Waals surface area (Å²) in [5.41, 5.74) is 3.45. The van der Waals surface area contributed by atoms with Gasteiger partial charge >= 0.3 is 0 Å². The number of hydrogen-bond acceptors (Lipinski definition) is 3. The quantitative estimate of drug-likeness (QED) is 0.915. The summed E-state index contributed by atoms with van der Waals surface area (Å²) in [5, 5.41) is 3.56. The summed E-state index contributed by atoms with van der Waals surface area (Å²) < 4.78 is 16.8. The van der Waals surface area contributed by atoms with Gasteiger partial charge in [0.15, 0.2) is 0 Å². The van der Waals surface area contributed by atoms with Crippen LogP contribution < -0.4 is 10.1 Å². The van der Waals surface area contributed by atoms with Gasteiger partial charge in [-0.15, -0.1) is 0 Å². The summed E-state index contributed by atoms with van der Waals surface area (Å²) in [5.74, 6) is 2.60. The topological polar surface area (TPSA) is 38.3 Å². The molecule has 0 spiro atoms. The smallest absolute Gasteiger partial charge is 0.126 e. The van der Waals surface area contributed by atoms with Crippen LogP contribution in [0.1, 0.15) is 24.0 Å². The Morgan fingerprint density at radius 3 is 2.56 bits per heavy atom. The van der Waals surface area contributed by atoms with Crippen molar-refractivity contribution < 1.29 is 8.95 Å². The van der Waals surface area contributed by atoms with E-state index in [1.54, 1.807) is 7.11 Å². The Morgan fingerprint density at radius 1 is 1.28 bits per heavy atom. The van der Waals surface area contributed by atoms with Gasteiger partial charge in [-0.3, -0.25) is 4.21 Å². The first kappa shape index (κ1) is 13.4. The predicted molar refractivity (Wildman–Crippen MR) is 77.0 cm³/mol. The molecule has 1 fully saturated rings. The molecule has 100 valence electrons. The van der Waals surface area contributed by atoms with Crippen molar-refractivity contribution in [2.24, 2.45) is 0 Å². The largest absolute Gasteiger partial charge is 0.496 e. The Labute approximate surface area is 111 Å². The van der Waals surface area contributed by atoms with E-state index >= 15 is 0 Å². The monoisotopic (exact) mass is 267 g/mol. The third kappa shape index (κ3) is 2.86. The predicted octanol–water partition coefficient (Wildman–Crippen LogP) is 2.64. The third-order valence-corrected chi connectivity index (χ3v) is 4.94. The number of anilines is 1. The minimum Gasteiger partial charge on any atom is -0.496 e. The first-order valence-corrected chi connectivity index (χ1v) is 7.86.